The van der Waals surface area contributed by atoms with E-state index in [1.165, 1.54) is 6.92 Å². The lowest BCUT2D eigenvalue weighted by atomic mass is 10.1. The van der Waals surface area contributed by atoms with Crippen molar-refractivity contribution in [2.75, 3.05) is 5.32 Å². The van der Waals surface area contributed by atoms with Crippen molar-refractivity contribution >= 4 is 40.5 Å². The Kier molecular flexibility index (Phi) is 5.85. The molecule has 0 atom stereocenters. The Morgan fingerprint density at radius 2 is 1.88 bits per heavy atom. The van der Waals surface area contributed by atoms with Gasteiger partial charge in [0, 0.05) is 32.8 Å². The Bertz CT molecular complexity index is 933. The van der Waals surface area contributed by atoms with Gasteiger partial charge in [-0.3, -0.25) is 9.59 Å². The van der Waals surface area contributed by atoms with Crippen LogP contribution in [0.2, 0.25) is 0 Å². The molecule has 6 heteroatoms. The molecule has 0 aliphatic carbocycles. The molecule has 1 aromatic heterocycles. The van der Waals surface area contributed by atoms with Crippen molar-refractivity contribution in [3.63, 3.8) is 0 Å². The molecule has 0 saturated carbocycles. The lowest BCUT2D eigenvalue weighted by Crippen LogP contribution is -2.12. The van der Waals surface area contributed by atoms with Crippen molar-refractivity contribution in [2.24, 2.45) is 0 Å². The van der Waals surface area contributed by atoms with E-state index in [9.17, 15) is 9.59 Å². The van der Waals surface area contributed by atoms with Gasteiger partial charge in [0.2, 0.25) is 0 Å². The maximum Gasteiger partial charge on any atom is 0.255 e. The molecule has 2 aromatic carbocycles. The predicted molar refractivity (Wildman–Crippen MR) is 107 cm³/mol. The van der Waals surface area contributed by atoms with Gasteiger partial charge in [0.25, 0.3) is 5.91 Å². The van der Waals surface area contributed by atoms with Gasteiger partial charge >= 0.3 is 0 Å². The van der Waals surface area contributed by atoms with Crippen LogP contribution in [0.5, 0.6) is 0 Å². The fourth-order valence-corrected chi connectivity index (χ4v) is 3.86. The zero-order chi connectivity index (χ0) is 18.5. The van der Waals surface area contributed by atoms with E-state index in [1.54, 1.807) is 59.5 Å². The van der Waals surface area contributed by atoms with Gasteiger partial charge in [-0.05, 0) is 50.2 Å². The third kappa shape index (κ3) is 4.80. The van der Waals surface area contributed by atoms with Crippen molar-refractivity contribution in [1.29, 1.82) is 0 Å². The Balaban J connectivity index is 1.61. The van der Waals surface area contributed by atoms with Gasteiger partial charge < -0.3 is 5.32 Å². The number of aromatic nitrogens is 1. The second-order valence-corrected chi connectivity index (χ2v) is 7.87. The smallest absolute Gasteiger partial charge is 0.255 e. The summed E-state index contributed by atoms with van der Waals surface area (Å²) in [4.78, 5) is 29.4. The minimum absolute atomic E-state index is 0.0298. The first-order valence-corrected chi connectivity index (χ1v) is 9.94. The number of ketones is 1. The number of rotatable bonds is 6. The van der Waals surface area contributed by atoms with Crippen molar-refractivity contribution in [2.45, 2.75) is 24.5 Å². The number of benzene rings is 2. The molecular formula is C20H18N2O2S2. The van der Waals surface area contributed by atoms with Crippen LogP contribution >= 0.6 is 23.1 Å². The Morgan fingerprint density at radius 3 is 2.54 bits per heavy atom. The third-order valence-corrected chi connectivity index (χ3v) is 5.56. The number of carbonyl (C=O) groups is 2. The van der Waals surface area contributed by atoms with E-state index in [1.807, 2.05) is 19.1 Å². The van der Waals surface area contributed by atoms with Crippen LogP contribution in [0.1, 0.15) is 38.3 Å². The van der Waals surface area contributed by atoms with Crippen LogP contribution in [0.4, 0.5) is 5.69 Å². The average Bonchev–Trinajstić information content (AvgIpc) is 3.06. The summed E-state index contributed by atoms with van der Waals surface area (Å²) in [7, 11) is 0. The maximum atomic E-state index is 12.4. The van der Waals surface area contributed by atoms with Crippen LogP contribution in [0.15, 0.2) is 58.8 Å². The summed E-state index contributed by atoms with van der Waals surface area (Å²) in [5.41, 5.74) is 2.84. The monoisotopic (exact) mass is 382 g/mol. The maximum absolute atomic E-state index is 12.4. The van der Waals surface area contributed by atoms with Crippen molar-refractivity contribution in [3.8, 4) is 0 Å². The van der Waals surface area contributed by atoms with Crippen LogP contribution in [0.25, 0.3) is 0 Å². The normalized spacial score (nSPS) is 10.5. The second kappa shape index (κ2) is 8.29. The summed E-state index contributed by atoms with van der Waals surface area (Å²) in [5, 5.41) is 5.97. The van der Waals surface area contributed by atoms with Gasteiger partial charge in [0.1, 0.15) is 0 Å². The van der Waals surface area contributed by atoms with E-state index < -0.39 is 0 Å². The summed E-state index contributed by atoms with van der Waals surface area (Å²) in [6.07, 6.45) is 0. The second-order valence-electron chi connectivity index (χ2n) is 5.76. The quantitative estimate of drug-likeness (QED) is 0.470. The molecule has 3 aromatic rings. The van der Waals surface area contributed by atoms with E-state index in [4.69, 9.17) is 0 Å². The molecule has 26 heavy (non-hydrogen) atoms. The van der Waals surface area contributed by atoms with Crippen molar-refractivity contribution in [3.05, 3.63) is 75.7 Å². The van der Waals surface area contributed by atoms with Gasteiger partial charge in [0.05, 0.1) is 10.7 Å². The molecule has 1 heterocycles. The summed E-state index contributed by atoms with van der Waals surface area (Å²) in [5.74, 6) is 0.587. The van der Waals surface area contributed by atoms with E-state index >= 15 is 0 Å². The minimum atomic E-state index is -0.197. The van der Waals surface area contributed by atoms with Crippen molar-refractivity contribution in [1.82, 2.24) is 4.98 Å². The van der Waals surface area contributed by atoms with Crippen LogP contribution < -0.4 is 5.32 Å². The Morgan fingerprint density at radius 1 is 1.12 bits per heavy atom. The van der Waals surface area contributed by atoms with Crippen LogP contribution in [-0.4, -0.2) is 16.7 Å². The molecule has 132 valence electrons. The van der Waals surface area contributed by atoms with E-state index in [2.05, 4.69) is 15.7 Å². The Labute approximate surface area is 160 Å². The molecule has 0 radical (unpaired) electrons. The molecule has 1 N–H and O–H groups in total. The molecule has 0 bridgehead atoms. The summed E-state index contributed by atoms with van der Waals surface area (Å²) in [6, 6.07) is 14.4. The SMILES string of the molecule is CC(=O)c1cccc(NC(=O)c2ccc(SCc3csc(C)n3)cc2)c1. The lowest BCUT2D eigenvalue weighted by Gasteiger charge is -2.07. The lowest BCUT2D eigenvalue weighted by molar-refractivity contribution is 0.101. The largest absolute Gasteiger partial charge is 0.322 e. The molecule has 0 saturated heterocycles. The number of carbonyl (C=O) groups excluding carboxylic acids is 2. The van der Waals surface area contributed by atoms with Gasteiger partial charge in [-0.25, -0.2) is 4.98 Å². The highest BCUT2D eigenvalue weighted by molar-refractivity contribution is 7.98. The first-order chi connectivity index (χ1) is 12.5. The number of hydrogen-bond acceptors (Lipinski definition) is 5. The summed E-state index contributed by atoms with van der Waals surface area (Å²) in [6.45, 7) is 3.50. The van der Waals surface area contributed by atoms with Crippen molar-refractivity contribution < 1.29 is 9.59 Å². The van der Waals surface area contributed by atoms with Crippen LogP contribution in [0.3, 0.4) is 0 Å². The van der Waals surface area contributed by atoms with E-state index in [-0.39, 0.29) is 11.7 Å². The molecular weight excluding hydrogens is 364 g/mol. The molecule has 0 unspecified atom stereocenters. The first kappa shape index (κ1) is 18.4. The zero-order valence-corrected chi connectivity index (χ0v) is 16.1. The number of nitrogens with one attached hydrogen (secondary N) is 1. The van der Waals surface area contributed by atoms with Gasteiger partial charge in [-0.2, -0.15) is 0 Å². The number of amides is 1. The molecule has 0 spiro atoms. The zero-order valence-electron chi connectivity index (χ0n) is 14.5. The van der Waals surface area contributed by atoms with E-state index in [0.717, 1.165) is 21.3 Å². The number of thiazole rings is 1. The molecule has 3 rings (SSSR count). The van der Waals surface area contributed by atoms with Crippen LogP contribution in [0, 0.1) is 6.92 Å². The Hall–Kier alpha value is -2.44. The van der Waals surface area contributed by atoms with Gasteiger partial charge in [-0.1, -0.05) is 12.1 Å². The highest BCUT2D eigenvalue weighted by Gasteiger charge is 2.08. The van der Waals surface area contributed by atoms with Gasteiger partial charge in [0.15, 0.2) is 5.78 Å². The average molecular weight is 383 g/mol. The number of anilines is 1. The van der Waals surface area contributed by atoms with Gasteiger partial charge in [-0.15, -0.1) is 23.1 Å². The molecule has 1 amide bonds. The fraction of sp³-hybridized carbons (Fsp3) is 0.150. The number of hydrogen-bond donors (Lipinski definition) is 1. The van der Waals surface area contributed by atoms with Crippen LogP contribution in [-0.2, 0) is 5.75 Å². The number of Topliss-reactive ketones (excluding diaryl/α,β-unsaturated/α-hetero) is 1. The number of thioether (sulfide) groups is 1. The minimum Gasteiger partial charge on any atom is -0.322 e. The highest BCUT2D eigenvalue weighted by atomic mass is 32.2. The molecule has 0 aliphatic rings. The number of aryl methyl sites for hydroxylation is 1. The molecule has 0 fully saturated rings. The summed E-state index contributed by atoms with van der Waals surface area (Å²) < 4.78 is 0. The standard InChI is InChI=1S/C20H18N2O2S2/c1-13(23)16-4-3-5-17(10-16)22-20(24)15-6-8-19(9-7-15)26-12-18-11-25-14(2)21-18/h3-11H,12H2,1-2H3,(H,22,24). The first-order valence-electron chi connectivity index (χ1n) is 8.07. The predicted octanol–water partition coefficient (Wildman–Crippen LogP) is 5.20. The topological polar surface area (TPSA) is 59.1 Å². The van der Waals surface area contributed by atoms with E-state index in [0.29, 0.717) is 16.8 Å². The number of nitrogens with zero attached hydrogens (tertiary/aromatic N) is 1. The summed E-state index contributed by atoms with van der Waals surface area (Å²) >= 11 is 3.34. The molecule has 0 aliphatic heterocycles. The molecule has 4 nitrogen and oxygen atoms in total. The third-order valence-electron chi connectivity index (χ3n) is 3.70. The fourth-order valence-electron chi connectivity index (χ4n) is 2.35. The highest BCUT2D eigenvalue weighted by Crippen LogP contribution is 2.24.